The Balaban J connectivity index is 1.66. The largest absolute Gasteiger partial charge is 0.393 e. The molecule has 0 radical (unpaired) electrons. The molecule has 1 saturated heterocycles. The number of piperidine rings is 1. The average Bonchev–Trinajstić information content (AvgIpc) is 3.10. The molecule has 3 heterocycles. The third-order valence-electron chi connectivity index (χ3n) is 4.99. The zero-order chi connectivity index (χ0) is 19.5. The normalized spacial score (nSPS) is 17.7. The summed E-state index contributed by atoms with van der Waals surface area (Å²) in [6.07, 6.45) is 10.0. The minimum Gasteiger partial charge on any atom is -0.393 e. The van der Waals surface area contributed by atoms with Gasteiger partial charge in [-0.25, -0.2) is 9.97 Å². The molecule has 0 saturated carbocycles. The fourth-order valence-electron chi connectivity index (χ4n) is 3.41. The lowest BCUT2D eigenvalue weighted by atomic mass is 10.1. The molecule has 4 rings (SSSR count). The van der Waals surface area contributed by atoms with Crippen LogP contribution >= 0.6 is 11.8 Å². The third-order valence-corrected chi connectivity index (χ3v) is 5.89. The molecular weight excluding hydrogens is 372 g/mol. The van der Waals surface area contributed by atoms with Crippen LogP contribution in [0.1, 0.15) is 36.9 Å². The molecule has 0 aromatic carbocycles. The van der Waals surface area contributed by atoms with Crippen molar-refractivity contribution in [2.75, 3.05) is 23.3 Å². The van der Waals surface area contributed by atoms with Crippen LogP contribution in [0.4, 0.5) is 17.5 Å². The van der Waals surface area contributed by atoms with Crippen molar-refractivity contribution in [1.82, 2.24) is 20.2 Å². The summed E-state index contributed by atoms with van der Waals surface area (Å²) in [4.78, 5) is 13.1. The lowest BCUT2D eigenvalue weighted by Crippen LogP contribution is -2.37. The molecule has 2 aromatic heterocycles. The molecule has 8 heteroatoms. The van der Waals surface area contributed by atoms with Crippen LogP contribution in [-0.4, -0.2) is 44.5 Å². The standard InChI is InChI=1S/C20H26N6OS/c1-13-12-17(25-24-13)21-18-14(2)19(26-10-8-15(27)9-11-26)23-20(22-18)28-16-6-4-3-5-7-16/h4,6-7,12,15,27H,3,5,8-11H2,1-2H3,(H2,21,22,23,24,25). The van der Waals surface area contributed by atoms with Gasteiger partial charge in [-0.15, -0.1) is 0 Å². The number of aliphatic hydroxyl groups is 1. The number of thioether (sulfide) groups is 1. The first-order valence-corrected chi connectivity index (χ1v) is 10.6. The summed E-state index contributed by atoms with van der Waals surface area (Å²) in [5.41, 5.74) is 1.99. The van der Waals surface area contributed by atoms with Gasteiger partial charge in [0.2, 0.25) is 0 Å². The fraction of sp³-hybridized carbons (Fsp3) is 0.450. The second-order valence-electron chi connectivity index (χ2n) is 7.27. The van der Waals surface area contributed by atoms with Crippen molar-refractivity contribution in [1.29, 1.82) is 0 Å². The van der Waals surface area contributed by atoms with E-state index in [0.29, 0.717) is 0 Å². The van der Waals surface area contributed by atoms with Gasteiger partial charge in [0.15, 0.2) is 11.0 Å². The van der Waals surface area contributed by atoms with Crippen LogP contribution in [0.2, 0.25) is 0 Å². The van der Waals surface area contributed by atoms with E-state index in [1.165, 1.54) is 4.91 Å². The van der Waals surface area contributed by atoms with Crippen LogP contribution in [0.25, 0.3) is 0 Å². The molecule has 148 valence electrons. The van der Waals surface area contributed by atoms with E-state index in [2.05, 4.69) is 38.6 Å². The van der Waals surface area contributed by atoms with Gasteiger partial charge in [-0.3, -0.25) is 5.10 Å². The van der Waals surface area contributed by atoms with E-state index in [0.717, 1.165) is 72.6 Å². The van der Waals surface area contributed by atoms with Crippen molar-refractivity contribution >= 4 is 29.2 Å². The summed E-state index contributed by atoms with van der Waals surface area (Å²) in [5, 5.41) is 21.2. The van der Waals surface area contributed by atoms with E-state index in [1.54, 1.807) is 11.8 Å². The molecule has 0 amide bonds. The van der Waals surface area contributed by atoms with Crippen molar-refractivity contribution in [3.05, 3.63) is 40.5 Å². The Bertz CT molecular complexity index is 898. The number of aromatic amines is 1. The number of H-pyrrole nitrogens is 1. The number of hydrogen-bond acceptors (Lipinski definition) is 7. The van der Waals surface area contributed by atoms with Gasteiger partial charge in [0.1, 0.15) is 11.6 Å². The second kappa shape index (κ2) is 8.36. The van der Waals surface area contributed by atoms with Gasteiger partial charge in [-0.1, -0.05) is 30.0 Å². The summed E-state index contributed by atoms with van der Waals surface area (Å²) in [7, 11) is 0. The molecule has 1 aliphatic carbocycles. The van der Waals surface area contributed by atoms with Crippen molar-refractivity contribution in [2.24, 2.45) is 0 Å². The topological polar surface area (TPSA) is 90.0 Å². The first kappa shape index (κ1) is 19.0. The number of anilines is 3. The van der Waals surface area contributed by atoms with Gasteiger partial charge in [0, 0.05) is 35.3 Å². The first-order valence-electron chi connectivity index (χ1n) is 9.74. The highest BCUT2D eigenvalue weighted by Gasteiger charge is 2.23. The molecule has 3 N–H and O–H groups in total. The molecule has 0 spiro atoms. The predicted molar refractivity (Wildman–Crippen MR) is 113 cm³/mol. The number of aryl methyl sites for hydroxylation is 1. The van der Waals surface area contributed by atoms with Crippen LogP contribution in [0.3, 0.4) is 0 Å². The molecule has 1 fully saturated rings. The van der Waals surface area contributed by atoms with E-state index < -0.39 is 0 Å². The van der Waals surface area contributed by atoms with Gasteiger partial charge >= 0.3 is 0 Å². The van der Waals surface area contributed by atoms with Gasteiger partial charge in [0.05, 0.1) is 6.10 Å². The first-order chi connectivity index (χ1) is 13.6. The maximum absolute atomic E-state index is 9.86. The van der Waals surface area contributed by atoms with E-state index in [9.17, 15) is 5.11 Å². The van der Waals surface area contributed by atoms with E-state index in [4.69, 9.17) is 9.97 Å². The molecule has 0 bridgehead atoms. The molecular formula is C20H26N6OS. The summed E-state index contributed by atoms with van der Waals surface area (Å²) < 4.78 is 0. The Morgan fingerprint density at radius 2 is 2.04 bits per heavy atom. The van der Waals surface area contributed by atoms with Crippen molar-refractivity contribution in [3.63, 3.8) is 0 Å². The SMILES string of the molecule is Cc1cc(Nc2nc(SC3=CCCC=C3)nc(N3CCC(O)CC3)c2C)n[nH]1. The summed E-state index contributed by atoms with van der Waals surface area (Å²) >= 11 is 1.59. The maximum Gasteiger partial charge on any atom is 0.196 e. The molecule has 7 nitrogen and oxygen atoms in total. The highest BCUT2D eigenvalue weighted by Crippen LogP contribution is 2.34. The number of rotatable bonds is 5. The van der Waals surface area contributed by atoms with Gasteiger partial charge in [-0.05, 0) is 39.5 Å². The van der Waals surface area contributed by atoms with Gasteiger partial charge in [0.25, 0.3) is 0 Å². The van der Waals surface area contributed by atoms with Gasteiger partial charge in [-0.2, -0.15) is 5.10 Å². The number of allylic oxidation sites excluding steroid dienone is 3. The van der Waals surface area contributed by atoms with Crippen molar-refractivity contribution in [2.45, 2.75) is 50.8 Å². The minimum absolute atomic E-state index is 0.214. The number of aliphatic hydroxyl groups excluding tert-OH is 1. The molecule has 2 aromatic rings. The lowest BCUT2D eigenvalue weighted by Gasteiger charge is -2.32. The zero-order valence-electron chi connectivity index (χ0n) is 16.3. The lowest BCUT2D eigenvalue weighted by molar-refractivity contribution is 0.145. The van der Waals surface area contributed by atoms with Crippen LogP contribution in [-0.2, 0) is 0 Å². The van der Waals surface area contributed by atoms with Gasteiger partial charge < -0.3 is 15.3 Å². The zero-order valence-corrected chi connectivity index (χ0v) is 17.1. The van der Waals surface area contributed by atoms with Crippen LogP contribution in [0, 0.1) is 13.8 Å². The highest BCUT2D eigenvalue weighted by atomic mass is 32.2. The molecule has 0 unspecified atom stereocenters. The predicted octanol–water partition coefficient (Wildman–Crippen LogP) is 3.85. The number of nitrogens with zero attached hydrogens (tertiary/aromatic N) is 4. The quantitative estimate of drug-likeness (QED) is 0.659. The van der Waals surface area contributed by atoms with E-state index >= 15 is 0 Å². The maximum atomic E-state index is 9.86. The average molecular weight is 399 g/mol. The third kappa shape index (κ3) is 4.39. The molecule has 0 atom stereocenters. The Labute approximate surface area is 169 Å². The number of hydrogen-bond donors (Lipinski definition) is 3. The molecule has 28 heavy (non-hydrogen) atoms. The Hall–Kier alpha value is -2.32. The van der Waals surface area contributed by atoms with Crippen molar-refractivity contribution in [3.8, 4) is 0 Å². The smallest absolute Gasteiger partial charge is 0.196 e. The van der Waals surface area contributed by atoms with E-state index in [1.807, 2.05) is 19.9 Å². The Kier molecular flexibility index (Phi) is 5.68. The minimum atomic E-state index is -0.214. The van der Waals surface area contributed by atoms with Crippen LogP contribution in [0.15, 0.2) is 34.4 Å². The Morgan fingerprint density at radius 3 is 2.71 bits per heavy atom. The second-order valence-corrected chi connectivity index (χ2v) is 8.31. The summed E-state index contributed by atoms with van der Waals surface area (Å²) in [5.74, 6) is 2.44. The Morgan fingerprint density at radius 1 is 1.21 bits per heavy atom. The summed E-state index contributed by atoms with van der Waals surface area (Å²) in [6, 6.07) is 1.96. The highest BCUT2D eigenvalue weighted by molar-refractivity contribution is 8.03. The van der Waals surface area contributed by atoms with Crippen molar-refractivity contribution < 1.29 is 5.11 Å². The molecule has 2 aliphatic rings. The summed E-state index contributed by atoms with van der Waals surface area (Å²) in [6.45, 7) is 5.61. The molecule has 1 aliphatic heterocycles. The number of nitrogens with one attached hydrogen (secondary N) is 2. The fourth-order valence-corrected chi connectivity index (χ4v) is 4.26. The van der Waals surface area contributed by atoms with Crippen LogP contribution < -0.4 is 10.2 Å². The van der Waals surface area contributed by atoms with Crippen LogP contribution in [0.5, 0.6) is 0 Å². The monoisotopic (exact) mass is 398 g/mol. The van der Waals surface area contributed by atoms with E-state index in [-0.39, 0.29) is 6.10 Å². The number of aromatic nitrogens is 4.